The summed E-state index contributed by atoms with van der Waals surface area (Å²) in [5, 5.41) is 0. The second kappa shape index (κ2) is 6.55. The van der Waals surface area contributed by atoms with E-state index in [4.69, 9.17) is 0 Å². The summed E-state index contributed by atoms with van der Waals surface area (Å²) in [4.78, 5) is 0. The topological polar surface area (TPSA) is 0 Å². The van der Waals surface area contributed by atoms with Crippen molar-refractivity contribution in [3.05, 3.63) is 107 Å². The van der Waals surface area contributed by atoms with E-state index in [1.54, 1.807) is 0 Å². The van der Waals surface area contributed by atoms with Gasteiger partial charge in [-0.1, -0.05) is 109 Å². The van der Waals surface area contributed by atoms with E-state index >= 15 is 0 Å². The molecule has 0 heterocycles. The van der Waals surface area contributed by atoms with E-state index in [1.165, 1.54) is 33.4 Å². The molecule has 114 valence electrons. The molecule has 0 N–H and O–H groups in total. The SMILES string of the molecule is C1=C\C=C/c2c(cccc2-c2cccc3c2\C=C/C=C\C=C/3)\C=C/1. The van der Waals surface area contributed by atoms with Crippen molar-refractivity contribution in [2.75, 3.05) is 0 Å². The van der Waals surface area contributed by atoms with Gasteiger partial charge < -0.3 is 0 Å². The Labute approximate surface area is 143 Å². The summed E-state index contributed by atoms with van der Waals surface area (Å²) in [6, 6.07) is 13.0. The molecule has 0 saturated heterocycles. The van der Waals surface area contributed by atoms with Gasteiger partial charge >= 0.3 is 0 Å². The van der Waals surface area contributed by atoms with Crippen LogP contribution in [0.15, 0.2) is 85.0 Å². The van der Waals surface area contributed by atoms with Crippen molar-refractivity contribution in [1.82, 2.24) is 0 Å². The molecule has 4 rings (SSSR count). The van der Waals surface area contributed by atoms with Gasteiger partial charge in [0.25, 0.3) is 0 Å². The predicted molar refractivity (Wildman–Crippen MR) is 106 cm³/mol. The highest BCUT2D eigenvalue weighted by Crippen LogP contribution is 2.34. The molecule has 0 unspecified atom stereocenters. The molecule has 0 saturated carbocycles. The molecule has 2 aliphatic carbocycles. The summed E-state index contributed by atoms with van der Waals surface area (Å²) in [5.41, 5.74) is 7.56. The third-order valence-corrected chi connectivity index (χ3v) is 4.31. The summed E-state index contributed by atoms with van der Waals surface area (Å²) in [5.74, 6) is 0. The molecule has 0 amide bonds. The Hall–Kier alpha value is -3.12. The van der Waals surface area contributed by atoms with Crippen LogP contribution in [0.2, 0.25) is 0 Å². The lowest BCUT2D eigenvalue weighted by Gasteiger charge is -2.15. The first kappa shape index (κ1) is 14.5. The number of fused-ring (bicyclic) bond motifs is 2. The summed E-state index contributed by atoms with van der Waals surface area (Å²) < 4.78 is 0. The Morgan fingerprint density at radius 2 is 0.792 bits per heavy atom. The molecular formula is C24H18. The van der Waals surface area contributed by atoms with Crippen molar-refractivity contribution in [3.8, 4) is 11.1 Å². The largest absolute Gasteiger partial charge is 0.0622 e. The summed E-state index contributed by atoms with van der Waals surface area (Å²) >= 11 is 0. The van der Waals surface area contributed by atoms with E-state index in [0.29, 0.717) is 0 Å². The average Bonchev–Trinajstić information content (AvgIpc) is 2.55. The Bertz CT molecular complexity index is 864. The van der Waals surface area contributed by atoms with Crippen LogP contribution < -0.4 is 0 Å². The molecule has 0 nitrogen and oxygen atoms in total. The van der Waals surface area contributed by atoms with Gasteiger partial charge in [0, 0.05) is 0 Å². The molecule has 0 aliphatic heterocycles. The minimum Gasteiger partial charge on any atom is -0.0622 e. The van der Waals surface area contributed by atoms with Crippen LogP contribution in [0.4, 0.5) is 0 Å². The van der Waals surface area contributed by atoms with Gasteiger partial charge in [0.05, 0.1) is 0 Å². The van der Waals surface area contributed by atoms with Crippen molar-refractivity contribution in [2.24, 2.45) is 0 Å². The van der Waals surface area contributed by atoms with Crippen molar-refractivity contribution in [1.29, 1.82) is 0 Å². The van der Waals surface area contributed by atoms with Crippen molar-refractivity contribution >= 4 is 24.3 Å². The van der Waals surface area contributed by atoms with Crippen LogP contribution in [0.25, 0.3) is 35.4 Å². The summed E-state index contributed by atoms with van der Waals surface area (Å²) in [7, 11) is 0. The van der Waals surface area contributed by atoms with E-state index in [0.717, 1.165) is 0 Å². The minimum absolute atomic E-state index is 1.25. The number of hydrogen-bond acceptors (Lipinski definition) is 0. The fourth-order valence-corrected chi connectivity index (χ4v) is 3.18. The lowest BCUT2D eigenvalue weighted by atomic mass is 9.89. The molecule has 0 fully saturated rings. The number of allylic oxidation sites excluding steroid dienone is 8. The molecule has 24 heavy (non-hydrogen) atoms. The van der Waals surface area contributed by atoms with Gasteiger partial charge in [-0.2, -0.15) is 0 Å². The fraction of sp³-hybridized carbons (Fsp3) is 0. The quantitative estimate of drug-likeness (QED) is 0.560. The zero-order chi connectivity index (χ0) is 16.2. The van der Waals surface area contributed by atoms with Gasteiger partial charge in [0.2, 0.25) is 0 Å². The molecule has 0 radical (unpaired) electrons. The van der Waals surface area contributed by atoms with Crippen molar-refractivity contribution < 1.29 is 0 Å². The second-order valence-corrected chi connectivity index (χ2v) is 5.82. The zero-order valence-electron chi connectivity index (χ0n) is 13.4. The maximum Gasteiger partial charge on any atom is -0.00992 e. The highest BCUT2D eigenvalue weighted by atomic mass is 14.2. The lowest BCUT2D eigenvalue weighted by molar-refractivity contribution is 1.53. The monoisotopic (exact) mass is 306 g/mol. The highest BCUT2D eigenvalue weighted by molar-refractivity contribution is 5.88. The Balaban J connectivity index is 1.97. The molecule has 0 heteroatoms. The molecule has 2 aromatic rings. The van der Waals surface area contributed by atoms with Gasteiger partial charge in [-0.3, -0.25) is 0 Å². The minimum atomic E-state index is 1.25. The van der Waals surface area contributed by atoms with Crippen LogP contribution in [0, 0.1) is 0 Å². The van der Waals surface area contributed by atoms with Crippen LogP contribution in [0.1, 0.15) is 22.3 Å². The molecule has 0 bridgehead atoms. The zero-order valence-corrected chi connectivity index (χ0v) is 13.4. The number of hydrogen-bond donors (Lipinski definition) is 0. The standard InChI is InChI=1S/C24H18/c1-3-7-15-21-19(11-5-1)13-9-17-23(21)24-18-10-14-20-12-6-2-4-8-16-22(20)24/h1-18H/b3-1-,4-2-,5-1?,6-2?,7-3?,8-4?,11-5-,12-6-,15-7-,16-8-,19-11?,20-12?,21-15?,22-16?. The highest BCUT2D eigenvalue weighted by Gasteiger charge is 2.11. The van der Waals surface area contributed by atoms with Crippen molar-refractivity contribution in [3.63, 3.8) is 0 Å². The number of rotatable bonds is 1. The normalized spacial score (nSPS) is 22.5. The summed E-state index contributed by atoms with van der Waals surface area (Å²) in [6.07, 6.45) is 25.4. The third-order valence-electron chi connectivity index (χ3n) is 4.31. The fourth-order valence-electron chi connectivity index (χ4n) is 3.18. The molecule has 2 aromatic carbocycles. The molecule has 0 atom stereocenters. The lowest BCUT2D eigenvalue weighted by Crippen LogP contribution is -1.93. The first-order chi connectivity index (χ1) is 11.9. The number of benzene rings is 2. The summed E-state index contributed by atoms with van der Waals surface area (Å²) in [6.45, 7) is 0. The molecule has 0 aromatic heterocycles. The Kier molecular flexibility index (Phi) is 3.95. The molecular weight excluding hydrogens is 288 g/mol. The van der Waals surface area contributed by atoms with E-state index in [2.05, 4.69) is 109 Å². The van der Waals surface area contributed by atoms with Gasteiger partial charge in [0.15, 0.2) is 0 Å². The molecule has 0 spiro atoms. The van der Waals surface area contributed by atoms with E-state index in [9.17, 15) is 0 Å². The first-order valence-corrected chi connectivity index (χ1v) is 8.23. The Morgan fingerprint density at radius 3 is 1.25 bits per heavy atom. The smallest absolute Gasteiger partial charge is 0.00992 e. The first-order valence-electron chi connectivity index (χ1n) is 8.23. The Morgan fingerprint density at radius 1 is 0.375 bits per heavy atom. The van der Waals surface area contributed by atoms with Crippen LogP contribution >= 0.6 is 0 Å². The van der Waals surface area contributed by atoms with Gasteiger partial charge in [-0.25, -0.2) is 0 Å². The maximum atomic E-state index is 2.21. The van der Waals surface area contributed by atoms with Crippen molar-refractivity contribution in [2.45, 2.75) is 0 Å². The van der Waals surface area contributed by atoms with Gasteiger partial charge in [0.1, 0.15) is 0 Å². The van der Waals surface area contributed by atoms with E-state index in [1.807, 2.05) is 0 Å². The van der Waals surface area contributed by atoms with Gasteiger partial charge in [-0.05, 0) is 33.4 Å². The van der Waals surface area contributed by atoms with E-state index < -0.39 is 0 Å². The van der Waals surface area contributed by atoms with Crippen LogP contribution in [0.5, 0.6) is 0 Å². The van der Waals surface area contributed by atoms with Gasteiger partial charge in [-0.15, -0.1) is 0 Å². The van der Waals surface area contributed by atoms with E-state index in [-0.39, 0.29) is 0 Å². The predicted octanol–water partition coefficient (Wildman–Crippen LogP) is 6.55. The van der Waals surface area contributed by atoms with Crippen LogP contribution in [0.3, 0.4) is 0 Å². The van der Waals surface area contributed by atoms with Crippen LogP contribution in [-0.4, -0.2) is 0 Å². The molecule has 2 aliphatic rings. The maximum absolute atomic E-state index is 2.21. The average molecular weight is 306 g/mol. The van der Waals surface area contributed by atoms with Crippen LogP contribution in [-0.2, 0) is 0 Å². The third kappa shape index (κ3) is 2.75. The second-order valence-electron chi connectivity index (χ2n) is 5.82.